The molecule has 0 amide bonds. The Morgan fingerprint density at radius 1 is 1.29 bits per heavy atom. The van der Waals surface area contributed by atoms with Gasteiger partial charge in [-0.1, -0.05) is 42.3 Å². The van der Waals surface area contributed by atoms with Crippen molar-refractivity contribution in [2.45, 2.75) is 26.8 Å². The zero-order valence-corrected chi connectivity index (χ0v) is 9.30. The minimum atomic E-state index is 0.276. The lowest BCUT2D eigenvalue weighted by molar-refractivity contribution is 0.648. The molecule has 0 saturated heterocycles. The van der Waals surface area contributed by atoms with Gasteiger partial charge < -0.3 is 5.32 Å². The highest BCUT2D eigenvalue weighted by molar-refractivity contribution is 5.32. The predicted octanol–water partition coefficient (Wildman–Crippen LogP) is 3.14. The molecule has 0 saturated carbocycles. The smallest absolute Gasteiger partial charge is 0.0503 e. The predicted molar refractivity (Wildman–Crippen MR) is 62.5 cm³/mol. The number of aryl methyl sites for hydroxylation is 2. The molecule has 1 nitrogen and oxygen atoms in total. The highest BCUT2D eigenvalue weighted by Gasteiger charge is 2.05. The third-order valence-electron chi connectivity index (χ3n) is 2.26. The van der Waals surface area contributed by atoms with Crippen molar-refractivity contribution in [2.75, 3.05) is 6.54 Å². The van der Waals surface area contributed by atoms with E-state index in [0.29, 0.717) is 0 Å². The Labute approximate surface area is 86.8 Å². The van der Waals surface area contributed by atoms with E-state index >= 15 is 0 Å². The van der Waals surface area contributed by atoms with Gasteiger partial charge in [-0.15, -0.1) is 6.58 Å². The van der Waals surface area contributed by atoms with Crippen LogP contribution in [0, 0.1) is 13.8 Å². The van der Waals surface area contributed by atoms with E-state index in [2.05, 4.69) is 50.9 Å². The lowest BCUT2D eigenvalue weighted by atomic mass is 10.0. The van der Waals surface area contributed by atoms with Crippen molar-refractivity contribution in [3.8, 4) is 0 Å². The molecule has 0 aliphatic rings. The standard InChI is InChI=1S/C13H19N/c1-5-13(14-6-2)12-8-10(3)7-11(4)9-12/h5,7-9,13-14H,1,6H2,2-4H3. The van der Waals surface area contributed by atoms with Gasteiger partial charge >= 0.3 is 0 Å². The van der Waals surface area contributed by atoms with Crippen LogP contribution in [0.2, 0.25) is 0 Å². The Bertz CT molecular complexity index is 295. The molecule has 1 aromatic rings. The average Bonchev–Trinajstić information content (AvgIpc) is 2.12. The normalized spacial score (nSPS) is 12.5. The second-order valence-electron chi connectivity index (χ2n) is 3.69. The maximum atomic E-state index is 3.85. The largest absolute Gasteiger partial charge is 0.307 e. The Hall–Kier alpha value is -1.08. The molecule has 1 rings (SSSR count). The molecular formula is C13H19N. The van der Waals surface area contributed by atoms with Crippen LogP contribution in [-0.4, -0.2) is 6.54 Å². The summed E-state index contributed by atoms with van der Waals surface area (Å²) in [6.45, 7) is 11.2. The molecular weight excluding hydrogens is 170 g/mol. The summed E-state index contributed by atoms with van der Waals surface area (Å²) in [6.07, 6.45) is 1.96. The lowest BCUT2D eigenvalue weighted by Gasteiger charge is -2.15. The first-order chi connectivity index (χ1) is 6.67. The molecule has 0 spiro atoms. The van der Waals surface area contributed by atoms with Gasteiger partial charge in [-0.25, -0.2) is 0 Å². The van der Waals surface area contributed by atoms with Gasteiger partial charge in [-0.05, 0) is 26.0 Å². The van der Waals surface area contributed by atoms with Crippen LogP contribution >= 0.6 is 0 Å². The minimum absolute atomic E-state index is 0.276. The number of hydrogen-bond acceptors (Lipinski definition) is 1. The third-order valence-corrected chi connectivity index (χ3v) is 2.26. The van der Waals surface area contributed by atoms with Gasteiger partial charge in [0.05, 0.1) is 6.04 Å². The molecule has 0 aliphatic carbocycles. The van der Waals surface area contributed by atoms with Crippen molar-refractivity contribution in [1.82, 2.24) is 5.32 Å². The van der Waals surface area contributed by atoms with Gasteiger partial charge in [-0.3, -0.25) is 0 Å². The Balaban J connectivity index is 2.97. The van der Waals surface area contributed by atoms with Crippen LogP contribution < -0.4 is 5.32 Å². The van der Waals surface area contributed by atoms with Crippen molar-refractivity contribution in [2.24, 2.45) is 0 Å². The first-order valence-electron chi connectivity index (χ1n) is 5.11. The van der Waals surface area contributed by atoms with Crippen LogP contribution in [0.4, 0.5) is 0 Å². The summed E-state index contributed by atoms with van der Waals surface area (Å²) < 4.78 is 0. The molecule has 14 heavy (non-hydrogen) atoms. The molecule has 0 aliphatic heterocycles. The zero-order chi connectivity index (χ0) is 10.6. The number of likely N-dealkylation sites (N-methyl/N-ethyl adjacent to an activating group) is 1. The first kappa shape index (κ1) is 11.0. The van der Waals surface area contributed by atoms with Gasteiger partial charge in [0, 0.05) is 0 Å². The summed E-state index contributed by atoms with van der Waals surface area (Å²) in [4.78, 5) is 0. The average molecular weight is 189 g/mol. The van der Waals surface area contributed by atoms with Crippen LogP contribution in [0.5, 0.6) is 0 Å². The second-order valence-corrected chi connectivity index (χ2v) is 3.69. The summed E-state index contributed by atoms with van der Waals surface area (Å²) in [5.74, 6) is 0. The summed E-state index contributed by atoms with van der Waals surface area (Å²) in [5.41, 5.74) is 3.92. The van der Waals surface area contributed by atoms with Crippen LogP contribution in [0.1, 0.15) is 29.7 Å². The van der Waals surface area contributed by atoms with Crippen molar-refractivity contribution in [3.63, 3.8) is 0 Å². The van der Waals surface area contributed by atoms with E-state index in [1.165, 1.54) is 16.7 Å². The highest BCUT2D eigenvalue weighted by Crippen LogP contribution is 2.17. The number of benzene rings is 1. The quantitative estimate of drug-likeness (QED) is 0.717. The summed E-state index contributed by atoms with van der Waals surface area (Å²) in [6, 6.07) is 6.89. The van der Waals surface area contributed by atoms with E-state index in [0.717, 1.165) is 6.54 Å². The van der Waals surface area contributed by atoms with Gasteiger partial charge in [0.2, 0.25) is 0 Å². The van der Waals surface area contributed by atoms with Crippen LogP contribution in [0.15, 0.2) is 30.9 Å². The van der Waals surface area contributed by atoms with E-state index in [1.54, 1.807) is 0 Å². The lowest BCUT2D eigenvalue weighted by Crippen LogP contribution is -2.18. The molecule has 1 unspecified atom stereocenters. The van der Waals surface area contributed by atoms with E-state index in [9.17, 15) is 0 Å². The third kappa shape index (κ3) is 2.71. The van der Waals surface area contributed by atoms with Crippen molar-refractivity contribution >= 4 is 0 Å². The SMILES string of the molecule is C=CC(NCC)c1cc(C)cc(C)c1. The Morgan fingerprint density at radius 3 is 2.29 bits per heavy atom. The Morgan fingerprint density at radius 2 is 1.86 bits per heavy atom. The first-order valence-corrected chi connectivity index (χ1v) is 5.11. The molecule has 76 valence electrons. The van der Waals surface area contributed by atoms with E-state index in [1.807, 2.05) is 6.08 Å². The topological polar surface area (TPSA) is 12.0 Å². The van der Waals surface area contributed by atoms with Gasteiger partial charge in [0.25, 0.3) is 0 Å². The summed E-state index contributed by atoms with van der Waals surface area (Å²) in [5, 5.41) is 3.38. The van der Waals surface area contributed by atoms with Gasteiger partial charge in [-0.2, -0.15) is 0 Å². The molecule has 1 N–H and O–H groups in total. The van der Waals surface area contributed by atoms with Gasteiger partial charge in [0.1, 0.15) is 0 Å². The minimum Gasteiger partial charge on any atom is -0.307 e. The molecule has 1 atom stereocenters. The van der Waals surface area contributed by atoms with E-state index in [-0.39, 0.29) is 6.04 Å². The fraction of sp³-hybridized carbons (Fsp3) is 0.385. The zero-order valence-electron chi connectivity index (χ0n) is 9.30. The van der Waals surface area contributed by atoms with Crippen molar-refractivity contribution < 1.29 is 0 Å². The fourth-order valence-corrected chi connectivity index (χ4v) is 1.75. The molecule has 0 bridgehead atoms. The number of nitrogens with one attached hydrogen (secondary N) is 1. The van der Waals surface area contributed by atoms with Crippen LogP contribution in [-0.2, 0) is 0 Å². The highest BCUT2D eigenvalue weighted by atomic mass is 14.9. The maximum absolute atomic E-state index is 3.85. The number of hydrogen-bond donors (Lipinski definition) is 1. The monoisotopic (exact) mass is 189 g/mol. The van der Waals surface area contributed by atoms with E-state index < -0.39 is 0 Å². The maximum Gasteiger partial charge on any atom is 0.0503 e. The fourth-order valence-electron chi connectivity index (χ4n) is 1.75. The summed E-state index contributed by atoms with van der Waals surface area (Å²) in [7, 11) is 0. The van der Waals surface area contributed by atoms with Crippen molar-refractivity contribution in [3.05, 3.63) is 47.5 Å². The van der Waals surface area contributed by atoms with Crippen LogP contribution in [0.3, 0.4) is 0 Å². The molecule has 0 fully saturated rings. The molecule has 0 aromatic heterocycles. The summed E-state index contributed by atoms with van der Waals surface area (Å²) >= 11 is 0. The molecule has 1 aromatic carbocycles. The molecule has 0 heterocycles. The van der Waals surface area contributed by atoms with Crippen LogP contribution in [0.25, 0.3) is 0 Å². The molecule has 1 heteroatoms. The Kier molecular flexibility index (Phi) is 3.90. The van der Waals surface area contributed by atoms with Gasteiger partial charge in [0.15, 0.2) is 0 Å². The second kappa shape index (κ2) is 4.97. The number of rotatable bonds is 4. The van der Waals surface area contributed by atoms with E-state index in [4.69, 9.17) is 0 Å². The van der Waals surface area contributed by atoms with Crippen molar-refractivity contribution in [1.29, 1.82) is 0 Å². The molecule has 0 radical (unpaired) electrons.